The molecule has 1 saturated heterocycles. The van der Waals surface area contributed by atoms with Gasteiger partial charge in [-0.1, -0.05) is 12.8 Å². The minimum absolute atomic E-state index is 0.0818. The highest BCUT2D eigenvalue weighted by Gasteiger charge is 2.36. The number of carbonyl (C=O) groups excluding carboxylic acids is 1. The first-order chi connectivity index (χ1) is 12.1. The molecule has 0 unspecified atom stereocenters. The van der Waals surface area contributed by atoms with Crippen LogP contribution in [0.2, 0.25) is 0 Å². The first kappa shape index (κ1) is 16.2. The molecule has 2 fully saturated rings. The molecule has 0 spiro atoms. The van der Waals surface area contributed by atoms with Crippen LogP contribution in [0.3, 0.4) is 0 Å². The number of aromatic nitrogens is 2. The Bertz CT molecular complexity index is 864. The van der Waals surface area contributed by atoms with Gasteiger partial charge in [-0.05, 0) is 31.0 Å². The van der Waals surface area contributed by atoms with Gasteiger partial charge in [0.2, 0.25) is 5.91 Å². The fourth-order valence-electron chi connectivity index (χ4n) is 3.89. The Morgan fingerprint density at radius 2 is 2.16 bits per heavy atom. The summed E-state index contributed by atoms with van der Waals surface area (Å²) >= 11 is 0. The number of fused-ring (bicyclic) bond motifs is 2. The fourth-order valence-corrected chi connectivity index (χ4v) is 3.89. The molecule has 25 heavy (non-hydrogen) atoms. The molecular weight excluding hydrogens is 325 g/mol. The molecule has 2 atom stereocenters. The molecule has 4 rings (SSSR count). The highest BCUT2D eigenvalue weighted by atomic mass is 19.1. The Hall–Kier alpha value is -2.28. The summed E-state index contributed by atoms with van der Waals surface area (Å²) in [5.41, 5.74) is 0.0279. The number of hydrogen-bond acceptors (Lipinski definition) is 4. The van der Waals surface area contributed by atoms with Crippen molar-refractivity contribution in [3.05, 3.63) is 40.7 Å². The second kappa shape index (κ2) is 6.55. The van der Waals surface area contributed by atoms with Gasteiger partial charge in [0.15, 0.2) is 0 Å². The number of rotatable bonds is 2. The van der Waals surface area contributed by atoms with Crippen LogP contribution in [0.5, 0.6) is 0 Å². The molecule has 0 N–H and O–H groups in total. The predicted octanol–water partition coefficient (Wildman–Crippen LogP) is 1.71. The molecule has 1 saturated carbocycles. The summed E-state index contributed by atoms with van der Waals surface area (Å²) in [7, 11) is 0. The molecule has 1 aromatic heterocycles. The first-order valence-corrected chi connectivity index (χ1v) is 8.69. The fraction of sp³-hybridized carbons (Fsp3) is 0.500. The van der Waals surface area contributed by atoms with E-state index >= 15 is 0 Å². The summed E-state index contributed by atoms with van der Waals surface area (Å²) in [6, 6.07) is 3.99. The third-order valence-corrected chi connectivity index (χ3v) is 5.14. The van der Waals surface area contributed by atoms with Crippen LogP contribution in [0.4, 0.5) is 4.39 Å². The SMILES string of the molecule is O=C(Cn1cnc2ccc(F)cc2c1=O)N1CCO[C@@H]2CCCC[C@@H]21. The average molecular weight is 345 g/mol. The van der Waals surface area contributed by atoms with E-state index < -0.39 is 11.4 Å². The van der Waals surface area contributed by atoms with Crippen LogP contribution in [-0.4, -0.2) is 45.7 Å². The van der Waals surface area contributed by atoms with Crippen molar-refractivity contribution in [3.63, 3.8) is 0 Å². The van der Waals surface area contributed by atoms with Crippen molar-refractivity contribution in [2.75, 3.05) is 13.2 Å². The summed E-state index contributed by atoms with van der Waals surface area (Å²) < 4.78 is 20.5. The summed E-state index contributed by atoms with van der Waals surface area (Å²) in [5.74, 6) is -0.603. The van der Waals surface area contributed by atoms with E-state index in [-0.39, 0.29) is 30.0 Å². The lowest BCUT2D eigenvalue weighted by Gasteiger charge is -2.43. The van der Waals surface area contributed by atoms with E-state index in [2.05, 4.69) is 4.98 Å². The number of amides is 1. The van der Waals surface area contributed by atoms with Crippen molar-refractivity contribution >= 4 is 16.8 Å². The summed E-state index contributed by atoms with van der Waals surface area (Å²) in [4.78, 5) is 31.3. The lowest BCUT2D eigenvalue weighted by Crippen LogP contribution is -2.55. The van der Waals surface area contributed by atoms with Crippen LogP contribution in [0.15, 0.2) is 29.3 Å². The van der Waals surface area contributed by atoms with Crippen molar-refractivity contribution in [2.45, 2.75) is 44.4 Å². The van der Waals surface area contributed by atoms with Gasteiger partial charge >= 0.3 is 0 Å². The molecule has 132 valence electrons. The lowest BCUT2D eigenvalue weighted by molar-refractivity contribution is -0.150. The van der Waals surface area contributed by atoms with E-state index in [1.807, 2.05) is 4.90 Å². The smallest absolute Gasteiger partial charge is 0.261 e. The zero-order chi connectivity index (χ0) is 17.4. The van der Waals surface area contributed by atoms with Crippen molar-refractivity contribution in [2.24, 2.45) is 0 Å². The van der Waals surface area contributed by atoms with E-state index in [0.717, 1.165) is 31.7 Å². The van der Waals surface area contributed by atoms with Crippen molar-refractivity contribution in [3.8, 4) is 0 Å². The van der Waals surface area contributed by atoms with Gasteiger partial charge in [0, 0.05) is 6.54 Å². The Balaban J connectivity index is 1.59. The van der Waals surface area contributed by atoms with E-state index in [9.17, 15) is 14.0 Å². The summed E-state index contributed by atoms with van der Waals surface area (Å²) in [6.45, 7) is 0.995. The molecule has 2 heterocycles. The van der Waals surface area contributed by atoms with Crippen LogP contribution in [-0.2, 0) is 16.1 Å². The van der Waals surface area contributed by atoms with Crippen molar-refractivity contribution in [1.29, 1.82) is 0 Å². The van der Waals surface area contributed by atoms with Gasteiger partial charge in [-0.3, -0.25) is 14.2 Å². The number of hydrogen-bond donors (Lipinski definition) is 0. The molecule has 2 aliphatic rings. The molecule has 2 aromatic rings. The van der Waals surface area contributed by atoms with Crippen LogP contribution >= 0.6 is 0 Å². The molecule has 1 aromatic carbocycles. The molecule has 0 bridgehead atoms. The maximum Gasteiger partial charge on any atom is 0.261 e. The molecule has 0 radical (unpaired) electrons. The quantitative estimate of drug-likeness (QED) is 0.831. The standard InChI is InChI=1S/C18H20FN3O3/c19-12-5-6-14-13(9-12)18(24)21(11-20-14)10-17(23)22-7-8-25-16-4-2-1-3-15(16)22/h5-6,9,11,15-16H,1-4,7-8,10H2/t15-,16+/m0/s1. The van der Waals surface area contributed by atoms with Crippen LogP contribution in [0.25, 0.3) is 10.9 Å². The van der Waals surface area contributed by atoms with Crippen LogP contribution < -0.4 is 5.56 Å². The summed E-state index contributed by atoms with van der Waals surface area (Å²) in [5, 5.41) is 0.188. The van der Waals surface area contributed by atoms with Gasteiger partial charge in [0.05, 0.1) is 36.0 Å². The monoisotopic (exact) mass is 345 g/mol. The number of ether oxygens (including phenoxy) is 1. The lowest BCUT2D eigenvalue weighted by atomic mass is 9.90. The number of carbonyl (C=O) groups is 1. The molecular formula is C18H20FN3O3. The Labute approximate surface area is 144 Å². The van der Waals surface area contributed by atoms with E-state index in [0.29, 0.717) is 18.7 Å². The average Bonchev–Trinajstić information content (AvgIpc) is 2.64. The van der Waals surface area contributed by atoms with Gasteiger partial charge in [-0.25, -0.2) is 9.37 Å². The van der Waals surface area contributed by atoms with Crippen LogP contribution in [0.1, 0.15) is 25.7 Å². The van der Waals surface area contributed by atoms with Gasteiger partial charge in [0.25, 0.3) is 5.56 Å². The predicted molar refractivity (Wildman–Crippen MR) is 89.7 cm³/mol. The number of morpholine rings is 1. The minimum atomic E-state index is -0.492. The second-order valence-corrected chi connectivity index (χ2v) is 6.69. The first-order valence-electron chi connectivity index (χ1n) is 8.69. The largest absolute Gasteiger partial charge is 0.374 e. The highest BCUT2D eigenvalue weighted by Crippen LogP contribution is 2.28. The van der Waals surface area contributed by atoms with Gasteiger partial charge in [0.1, 0.15) is 12.4 Å². The minimum Gasteiger partial charge on any atom is -0.374 e. The Kier molecular flexibility index (Phi) is 4.25. The third kappa shape index (κ3) is 3.04. The summed E-state index contributed by atoms with van der Waals surface area (Å²) in [6.07, 6.45) is 5.59. The van der Waals surface area contributed by atoms with E-state index in [1.165, 1.54) is 23.0 Å². The normalized spacial score (nSPS) is 23.5. The molecule has 7 heteroatoms. The van der Waals surface area contributed by atoms with Gasteiger partial charge in [-0.2, -0.15) is 0 Å². The maximum atomic E-state index is 13.4. The van der Waals surface area contributed by atoms with E-state index in [4.69, 9.17) is 4.74 Å². The zero-order valence-corrected chi connectivity index (χ0v) is 13.9. The Morgan fingerprint density at radius 1 is 1.32 bits per heavy atom. The van der Waals surface area contributed by atoms with Gasteiger partial charge < -0.3 is 9.64 Å². The zero-order valence-electron chi connectivity index (χ0n) is 13.9. The molecule has 1 aliphatic carbocycles. The van der Waals surface area contributed by atoms with Crippen molar-refractivity contribution < 1.29 is 13.9 Å². The van der Waals surface area contributed by atoms with Crippen molar-refractivity contribution in [1.82, 2.24) is 14.5 Å². The second-order valence-electron chi connectivity index (χ2n) is 6.69. The number of nitrogens with zero attached hydrogens (tertiary/aromatic N) is 3. The van der Waals surface area contributed by atoms with Crippen LogP contribution in [0, 0.1) is 5.82 Å². The molecule has 6 nitrogen and oxygen atoms in total. The number of halogens is 1. The number of benzene rings is 1. The highest BCUT2D eigenvalue weighted by molar-refractivity contribution is 5.79. The maximum absolute atomic E-state index is 13.4. The molecule has 1 aliphatic heterocycles. The van der Waals surface area contributed by atoms with E-state index in [1.54, 1.807) is 0 Å². The molecule has 1 amide bonds. The Morgan fingerprint density at radius 3 is 3.04 bits per heavy atom. The third-order valence-electron chi connectivity index (χ3n) is 5.14. The van der Waals surface area contributed by atoms with Gasteiger partial charge in [-0.15, -0.1) is 0 Å². The topological polar surface area (TPSA) is 64.4 Å².